The highest BCUT2D eigenvalue weighted by Crippen LogP contribution is 2.30. The van der Waals surface area contributed by atoms with Gasteiger partial charge in [0.05, 0.1) is 25.6 Å². The van der Waals surface area contributed by atoms with Crippen molar-refractivity contribution in [3.8, 4) is 11.5 Å². The van der Waals surface area contributed by atoms with Crippen LogP contribution in [0.1, 0.15) is 5.69 Å². The Morgan fingerprint density at radius 2 is 1.81 bits per heavy atom. The Morgan fingerprint density at radius 3 is 2.48 bits per heavy atom. The highest BCUT2D eigenvalue weighted by Gasteiger charge is 2.21. The van der Waals surface area contributed by atoms with E-state index in [1.807, 2.05) is 18.4 Å². The van der Waals surface area contributed by atoms with Crippen LogP contribution in [0.2, 0.25) is 0 Å². The van der Waals surface area contributed by atoms with Gasteiger partial charge in [-0.05, 0) is 37.3 Å². The number of benzene rings is 2. The first-order valence-corrected chi connectivity index (χ1v) is 10.3. The number of anilines is 3. The summed E-state index contributed by atoms with van der Waals surface area (Å²) < 4.78 is 38.6. The van der Waals surface area contributed by atoms with Crippen molar-refractivity contribution >= 4 is 37.9 Å². The SMILES string of the molecule is COc1ccc(OC)c(S(=O)(=O)Nc2cccc(Nc3nc(C)cs3)c2)c1. The summed E-state index contributed by atoms with van der Waals surface area (Å²) in [6, 6.07) is 11.6. The van der Waals surface area contributed by atoms with Gasteiger partial charge in [0.2, 0.25) is 0 Å². The van der Waals surface area contributed by atoms with Crippen LogP contribution in [0.25, 0.3) is 0 Å². The Hall–Kier alpha value is -2.78. The Labute approximate surface area is 162 Å². The largest absolute Gasteiger partial charge is 0.497 e. The van der Waals surface area contributed by atoms with Gasteiger partial charge in [-0.15, -0.1) is 11.3 Å². The molecule has 142 valence electrons. The van der Waals surface area contributed by atoms with Gasteiger partial charge in [-0.25, -0.2) is 13.4 Å². The molecule has 0 spiro atoms. The van der Waals surface area contributed by atoms with Gasteiger partial charge in [0.25, 0.3) is 10.0 Å². The lowest BCUT2D eigenvalue weighted by molar-refractivity contribution is 0.392. The minimum absolute atomic E-state index is 0.00161. The van der Waals surface area contributed by atoms with Crippen LogP contribution in [-0.2, 0) is 10.0 Å². The molecule has 0 amide bonds. The highest BCUT2D eigenvalue weighted by molar-refractivity contribution is 7.92. The minimum Gasteiger partial charge on any atom is -0.497 e. The summed E-state index contributed by atoms with van der Waals surface area (Å²) in [7, 11) is -0.979. The van der Waals surface area contributed by atoms with Crippen LogP contribution in [0.3, 0.4) is 0 Å². The average molecular weight is 406 g/mol. The number of sulfonamides is 1. The summed E-state index contributed by atoms with van der Waals surface area (Å²) >= 11 is 1.48. The monoisotopic (exact) mass is 405 g/mol. The quantitative estimate of drug-likeness (QED) is 0.617. The molecule has 7 nitrogen and oxygen atoms in total. The molecule has 0 unspecified atom stereocenters. The number of methoxy groups -OCH3 is 2. The van der Waals surface area contributed by atoms with E-state index in [1.54, 1.807) is 30.3 Å². The van der Waals surface area contributed by atoms with E-state index in [2.05, 4.69) is 15.0 Å². The second-order valence-corrected chi connectivity index (χ2v) is 8.13. The Bertz CT molecular complexity index is 1050. The topological polar surface area (TPSA) is 89.5 Å². The fraction of sp³-hybridized carbons (Fsp3) is 0.167. The van der Waals surface area contributed by atoms with Gasteiger partial charge in [0, 0.05) is 17.1 Å². The van der Waals surface area contributed by atoms with E-state index in [0.29, 0.717) is 11.4 Å². The molecule has 0 aliphatic heterocycles. The number of thiazole rings is 1. The molecule has 0 aliphatic rings. The number of hydrogen-bond donors (Lipinski definition) is 2. The third-order valence-corrected chi connectivity index (χ3v) is 5.92. The number of nitrogens with zero attached hydrogens (tertiary/aromatic N) is 1. The molecule has 0 bridgehead atoms. The molecule has 1 heterocycles. The second-order valence-electron chi connectivity index (χ2n) is 5.62. The average Bonchev–Trinajstić information content (AvgIpc) is 3.05. The summed E-state index contributed by atoms with van der Waals surface area (Å²) in [6.07, 6.45) is 0. The van der Waals surface area contributed by atoms with E-state index in [0.717, 1.165) is 16.5 Å². The van der Waals surface area contributed by atoms with Gasteiger partial charge in [-0.1, -0.05) is 6.07 Å². The van der Waals surface area contributed by atoms with E-state index in [4.69, 9.17) is 9.47 Å². The third kappa shape index (κ3) is 4.50. The summed E-state index contributed by atoms with van der Waals surface area (Å²) in [5.74, 6) is 0.654. The van der Waals surface area contributed by atoms with Crippen molar-refractivity contribution in [2.45, 2.75) is 11.8 Å². The molecule has 3 aromatic rings. The van der Waals surface area contributed by atoms with E-state index in [-0.39, 0.29) is 10.6 Å². The molecule has 9 heteroatoms. The smallest absolute Gasteiger partial charge is 0.265 e. The maximum absolute atomic E-state index is 12.8. The van der Waals surface area contributed by atoms with Gasteiger partial charge in [-0.2, -0.15) is 0 Å². The molecule has 0 saturated carbocycles. The molecule has 27 heavy (non-hydrogen) atoms. The standard InChI is InChI=1S/C18H19N3O4S2/c1-12-11-26-18(19-12)20-13-5-4-6-14(9-13)21-27(22,23)17-10-15(24-2)7-8-16(17)25-3/h4-11,21H,1-3H3,(H,19,20). The number of hydrogen-bond acceptors (Lipinski definition) is 7. The van der Waals surface area contributed by atoms with Crippen LogP contribution in [0.5, 0.6) is 11.5 Å². The minimum atomic E-state index is -3.87. The van der Waals surface area contributed by atoms with E-state index in [1.165, 1.54) is 31.6 Å². The van der Waals surface area contributed by atoms with E-state index >= 15 is 0 Å². The summed E-state index contributed by atoms with van der Waals surface area (Å²) in [4.78, 5) is 4.34. The third-order valence-electron chi connectivity index (χ3n) is 3.65. The molecule has 1 aromatic heterocycles. The van der Waals surface area contributed by atoms with Crippen LogP contribution in [0, 0.1) is 6.92 Å². The fourth-order valence-corrected chi connectivity index (χ4v) is 4.34. The van der Waals surface area contributed by atoms with Crippen molar-refractivity contribution in [1.82, 2.24) is 4.98 Å². The van der Waals surface area contributed by atoms with E-state index < -0.39 is 10.0 Å². The maximum atomic E-state index is 12.8. The predicted octanol–water partition coefficient (Wildman–Crippen LogP) is 4.01. The molecule has 0 fully saturated rings. The van der Waals surface area contributed by atoms with Gasteiger partial charge >= 0.3 is 0 Å². The van der Waals surface area contributed by atoms with Crippen molar-refractivity contribution in [3.63, 3.8) is 0 Å². The summed E-state index contributed by atoms with van der Waals surface area (Å²) in [6.45, 7) is 1.91. The number of nitrogens with one attached hydrogen (secondary N) is 2. The fourth-order valence-electron chi connectivity index (χ4n) is 2.40. The lowest BCUT2D eigenvalue weighted by Crippen LogP contribution is -2.14. The second kappa shape index (κ2) is 7.85. The van der Waals surface area contributed by atoms with Crippen molar-refractivity contribution in [3.05, 3.63) is 53.5 Å². The van der Waals surface area contributed by atoms with Gasteiger partial charge in [0.1, 0.15) is 16.4 Å². The number of aromatic nitrogens is 1. The first-order chi connectivity index (χ1) is 12.9. The summed E-state index contributed by atoms with van der Waals surface area (Å²) in [5, 5.41) is 5.83. The molecular weight excluding hydrogens is 386 g/mol. The molecule has 0 aliphatic carbocycles. The molecule has 0 atom stereocenters. The molecule has 2 N–H and O–H groups in total. The lowest BCUT2D eigenvalue weighted by Gasteiger charge is -2.13. The molecular formula is C18H19N3O4S2. The zero-order chi connectivity index (χ0) is 19.4. The van der Waals surface area contributed by atoms with Crippen molar-refractivity contribution in [2.75, 3.05) is 24.3 Å². The van der Waals surface area contributed by atoms with Crippen molar-refractivity contribution in [2.24, 2.45) is 0 Å². The van der Waals surface area contributed by atoms with Gasteiger partial charge in [-0.3, -0.25) is 4.72 Å². The molecule has 0 radical (unpaired) electrons. The predicted molar refractivity (Wildman–Crippen MR) is 107 cm³/mol. The van der Waals surface area contributed by atoms with Crippen LogP contribution in [-0.4, -0.2) is 27.6 Å². The molecule has 2 aromatic carbocycles. The van der Waals surface area contributed by atoms with Crippen molar-refractivity contribution in [1.29, 1.82) is 0 Å². The number of ether oxygens (including phenoxy) is 2. The van der Waals surface area contributed by atoms with Crippen molar-refractivity contribution < 1.29 is 17.9 Å². The lowest BCUT2D eigenvalue weighted by atomic mass is 10.3. The first-order valence-electron chi connectivity index (χ1n) is 7.95. The Kier molecular flexibility index (Phi) is 5.52. The summed E-state index contributed by atoms with van der Waals surface area (Å²) in [5.41, 5.74) is 2.06. The van der Waals surface area contributed by atoms with Crippen LogP contribution >= 0.6 is 11.3 Å². The number of aryl methyl sites for hydroxylation is 1. The van der Waals surface area contributed by atoms with Crippen LogP contribution < -0.4 is 19.5 Å². The Morgan fingerprint density at radius 1 is 1.04 bits per heavy atom. The van der Waals surface area contributed by atoms with Gasteiger partial charge in [0.15, 0.2) is 5.13 Å². The maximum Gasteiger partial charge on any atom is 0.265 e. The van der Waals surface area contributed by atoms with Crippen LogP contribution in [0.4, 0.5) is 16.5 Å². The number of rotatable bonds is 7. The molecule has 0 saturated heterocycles. The van der Waals surface area contributed by atoms with E-state index in [9.17, 15) is 8.42 Å². The zero-order valence-corrected chi connectivity index (χ0v) is 16.6. The zero-order valence-electron chi connectivity index (χ0n) is 15.0. The highest BCUT2D eigenvalue weighted by atomic mass is 32.2. The molecule has 3 rings (SSSR count). The first kappa shape index (κ1) is 19.0. The van der Waals surface area contributed by atoms with Gasteiger partial charge < -0.3 is 14.8 Å². The Balaban J connectivity index is 1.87. The van der Waals surface area contributed by atoms with Crippen LogP contribution in [0.15, 0.2) is 52.7 Å². The normalized spacial score (nSPS) is 11.1.